The van der Waals surface area contributed by atoms with E-state index in [0.29, 0.717) is 17.0 Å². The first-order valence-electron chi connectivity index (χ1n) is 5.05. The molecule has 0 N–H and O–H groups in total. The number of halogens is 3. The Kier molecular flexibility index (Phi) is 2.73. The summed E-state index contributed by atoms with van der Waals surface area (Å²) in [7, 11) is 0. The Morgan fingerprint density at radius 2 is 1.89 bits per heavy atom. The minimum Gasteiger partial charge on any atom is -0.618 e. The van der Waals surface area contributed by atoms with Crippen molar-refractivity contribution < 1.29 is 22.7 Å². The number of alkyl halides is 3. The number of ketones is 1. The van der Waals surface area contributed by atoms with E-state index in [1.807, 2.05) is 0 Å². The van der Waals surface area contributed by atoms with Crippen molar-refractivity contribution in [3.8, 4) is 0 Å². The highest BCUT2D eigenvalue weighted by Crippen LogP contribution is 2.27. The standard InChI is InChI=1S/C12H8F3NO2/c1-7(17)8-2-4-10-9(6-8)3-5-11(16(10)18)12(13,14)15/h2-6H,1H3. The van der Waals surface area contributed by atoms with Gasteiger partial charge < -0.3 is 5.21 Å². The molecule has 0 saturated heterocycles. The Bertz CT molecular complexity index is 635. The number of pyridine rings is 1. The average molecular weight is 255 g/mol. The van der Waals surface area contributed by atoms with Crippen molar-refractivity contribution in [3.05, 3.63) is 46.8 Å². The second-order valence-electron chi connectivity index (χ2n) is 3.84. The van der Waals surface area contributed by atoms with Gasteiger partial charge in [-0.1, -0.05) is 0 Å². The molecule has 0 bridgehead atoms. The summed E-state index contributed by atoms with van der Waals surface area (Å²) >= 11 is 0. The molecule has 0 aliphatic carbocycles. The Morgan fingerprint density at radius 3 is 2.44 bits per heavy atom. The van der Waals surface area contributed by atoms with Crippen LogP contribution in [-0.4, -0.2) is 5.78 Å². The van der Waals surface area contributed by atoms with Crippen LogP contribution >= 0.6 is 0 Å². The highest BCUT2D eigenvalue weighted by Gasteiger charge is 2.40. The smallest absolute Gasteiger partial charge is 0.478 e. The lowest BCUT2D eigenvalue weighted by molar-refractivity contribution is -0.602. The van der Waals surface area contributed by atoms with Gasteiger partial charge in [-0.15, -0.1) is 0 Å². The van der Waals surface area contributed by atoms with Crippen LogP contribution < -0.4 is 4.73 Å². The first-order chi connectivity index (χ1) is 8.30. The molecule has 0 radical (unpaired) electrons. The van der Waals surface area contributed by atoms with E-state index in [0.717, 1.165) is 0 Å². The second-order valence-corrected chi connectivity index (χ2v) is 3.84. The van der Waals surface area contributed by atoms with Crippen LogP contribution in [0.15, 0.2) is 30.3 Å². The topological polar surface area (TPSA) is 44.0 Å². The Hall–Kier alpha value is -2.11. The van der Waals surface area contributed by atoms with Gasteiger partial charge in [0.25, 0.3) is 5.69 Å². The number of carbonyl (C=O) groups is 1. The summed E-state index contributed by atoms with van der Waals surface area (Å²) in [6, 6.07) is 5.83. The van der Waals surface area contributed by atoms with Gasteiger partial charge in [-0.3, -0.25) is 4.79 Å². The summed E-state index contributed by atoms with van der Waals surface area (Å²) in [5, 5.41) is 11.9. The largest absolute Gasteiger partial charge is 0.618 e. The van der Waals surface area contributed by atoms with Gasteiger partial charge in [-0.2, -0.15) is 17.9 Å². The van der Waals surface area contributed by atoms with Crippen molar-refractivity contribution in [1.82, 2.24) is 0 Å². The van der Waals surface area contributed by atoms with Crippen LogP contribution in [0.4, 0.5) is 13.2 Å². The van der Waals surface area contributed by atoms with E-state index in [1.54, 1.807) is 0 Å². The molecule has 1 aromatic heterocycles. The van der Waals surface area contributed by atoms with Crippen molar-refractivity contribution in [3.63, 3.8) is 0 Å². The molecule has 0 aliphatic rings. The molecule has 94 valence electrons. The summed E-state index contributed by atoms with van der Waals surface area (Å²) in [5.74, 6) is -0.214. The van der Waals surface area contributed by atoms with E-state index >= 15 is 0 Å². The molecule has 1 aromatic carbocycles. The summed E-state index contributed by atoms with van der Waals surface area (Å²) < 4.78 is 37.4. The molecule has 6 heteroatoms. The van der Waals surface area contributed by atoms with Crippen molar-refractivity contribution >= 4 is 16.7 Å². The minimum atomic E-state index is -4.70. The maximum absolute atomic E-state index is 12.5. The monoisotopic (exact) mass is 255 g/mol. The first-order valence-corrected chi connectivity index (χ1v) is 5.05. The molecule has 1 heterocycles. The number of carbonyl (C=O) groups excluding carboxylic acids is 1. The van der Waals surface area contributed by atoms with Gasteiger partial charge >= 0.3 is 6.18 Å². The van der Waals surface area contributed by atoms with Gasteiger partial charge in [0, 0.05) is 23.1 Å². The normalized spacial score (nSPS) is 11.8. The third-order valence-corrected chi connectivity index (χ3v) is 2.58. The molecule has 2 aromatic rings. The first kappa shape index (κ1) is 12.3. The van der Waals surface area contributed by atoms with Gasteiger partial charge in [0.2, 0.25) is 5.52 Å². The van der Waals surface area contributed by atoms with E-state index in [-0.39, 0.29) is 16.0 Å². The van der Waals surface area contributed by atoms with Crippen LogP contribution in [0, 0.1) is 5.21 Å². The van der Waals surface area contributed by atoms with Crippen LogP contribution in [0.2, 0.25) is 0 Å². The van der Waals surface area contributed by atoms with Crippen LogP contribution in [0.25, 0.3) is 10.9 Å². The van der Waals surface area contributed by atoms with Crippen LogP contribution in [0.3, 0.4) is 0 Å². The van der Waals surface area contributed by atoms with Crippen molar-refractivity contribution in [2.24, 2.45) is 0 Å². The van der Waals surface area contributed by atoms with Crippen molar-refractivity contribution in [1.29, 1.82) is 0 Å². The summed E-state index contributed by atoms with van der Waals surface area (Å²) in [4.78, 5) is 11.1. The van der Waals surface area contributed by atoms with Gasteiger partial charge in [-0.05, 0) is 25.1 Å². The molecule has 0 fully saturated rings. The maximum Gasteiger partial charge on any atom is 0.478 e. The Morgan fingerprint density at radius 1 is 1.22 bits per heavy atom. The van der Waals surface area contributed by atoms with Crippen LogP contribution in [-0.2, 0) is 6.18 Å². The molecular formula is C12H8F3NO2. The lowest BCUT2D eigenvalue weighted by Gasteiger charge is -2.10. The highest BCUT2D eigenvalue weighted by atomic mass is 19.4. The molecule has 0 unspecified atom stereocenters. The highest BCUT2D eigenvalue weighted by molar-refractivity contribution is 5.97. The third-order valence-electron chi connectivity index (χ3n) is 2.58. The fourth-order valence-electron chi connectivity index (χ4n) is 1.67. The fraction of sp³-hybridized carbons (Fsp3) is 0.167. The maximum atomic E-state index is 12.5. The Balaban J connectivity index is 2.70. The van der Waals surface area contributed by atoms with E-state index in [1.165, 1.54) is 31.2 Å². The number of fused-ring (bicyclic) bond motifs is 1. The molecule has 0 spiro atoms. The van der Waals surface area contributed by atoms with Crippen molar-refractivity contribution in [2.75, 3.05) is 0 Å². The molecule has 3 nitrogen and oxygen atoms in total. The molecular weight excluding hydrogens is 247 g/mol. The number of nitrogens with zero attached hydrogens (tertiary/aromatic N) is 1. The van der Waals surface area contributed by atoms with Gasteiger partial charge in [0.05, 0.1) is 0 Å². The third kappa shape index (κ3) is 2.01. The van der Waals surface area contributed by atoms with E-state index < -0.39 is 11.9 Å². The quantitative estimate of drug-likeness (QED) is 0.446. The molecule has 2 rings (SSSR count). The number of benzene rings is 1. The molecule has 0 amide bonds. The number of Topliss-reactive ketones (excluding diaryl/α,β-unsaturated/α-hetero) is 1. The minimum absolute atomic E-state index is 0.116. The molecule has 0 aliphatic heterocycles. The number of aromatic nitrogens is 1. The molecule has 0 atom stereocenters. The molecule has 18 heavy (non-hydrogen) atoms. The van der Waals surface area contributed by atoms with Crippen LogP contribution in [0.5, 0.6) is 0 Å². The van der Waals surface area contributed by atoms with Gasteiger partial charge in [0.15, 0.2) is 5.78 Å². The lowest BCUT2D eigenvalue weighted by atomic mass is 10.1. The average Bonchev–Trinajstić information content (AvgIpc) is 2.27. The zero-order valence-electron chi connectivity index (χ0n) is 9.28. The van der Waals surface area contributed by atoms with E-state index in [2.05, 4.69) is 0 Å². The summed E-state index contributed by atoms with van der Waals surface area (Å²) in [5.41, 5.74) is -1.04. The van der Waals surface area contributed by atoms with Gasteiger partial charge in [-0.25, -0.2) is 0 Å². The predicted octanol–water partition coefficient (Wildman–Crippen LogP) is 2.69. The van der Waals surface area contributed by atoms with Crippen molar-refractivity contribution in [2.45, 2.75) is 13.1 Å². The summed E-state index contributed by atoms with van der Waals surface area (Å²) in [6.07, 6.45) is -4.70. The van der Waals surface area contributed by atoms with Gasteiger partial charge in [0.1, 0.15) is 0 Å². The second kappa shape index (κ2) is 3.97. The lowest BCUT2D eigenvalue weighted by Crippen LogP contribution is -2.37. The van der Waals surface area contributed by atoms with Crippen LogP contribution in [0.1, 0.15) is 23.0 Å². The van der Waals surface area contributed by atoms with E-state index in [9.17, 15) is 23.2 Å². The number of rotatable bonds is 1. The zero-order chi connectivity index (χ0) is 13.5. The fourth-order valence-corrected chi connectivity index (χ4v) is 1.67. The van der Waals surface area contributed by atoms with E-state index in [4.69, 9.17) is 0 Å². The SMILES string of the molecule is CC(=O)c1ccc2c(ccc(C(F)(F)F)[n+]2[O-])c1. The molecule has 0 saturated carbocycles. The Labute approximate surface area is 100 Å². The zero-order valence-corrected chi connectivity index (χ0v) is 9.28. The number of hydrogen-bond donors (Lipinski definition) is 0. The summed E-state index contributed by atoms with van der Waals surface area (Å²) in [6.45, 7) is 1.34. The predicted molar refractivity (Wildman–Crippen MR) is 57.9 cm³/mol. The number of hydrogen-bond acceptors (Lipinski definition) is 2.